The Morgan fingerprint density at radius 3 is 3.31 bits per heavy atom. The molecule has 2 aromatic heterocycles. The summed E-state index contributed by atoms with van der Waals surface area (Å²) in [7, 11) is 2.02. The summed E-state index contributed by atoms with van der Waals surface area (Å²) < 4.78 is 7.84. The average molecular weight is 217 g/mol. The second kappa shape index (κ2) is 3.88. The van der Waals surface area contributed by atoms with E-state index in [1.807, 2.05) is 19.3 Å². The van der Waals surface area contributed by atoms with Gasteiger partial charge < -0.3 is 14.6 Å². The van der Waals surface area contributed by atoms with Crippen molar-refractivity contribution in [3.63, 3.8) is 0 Å². The summed E-state index contributed by atoms with van der Waals surface area (Å²) in [5.74, 6) is 0. The van der Waals surface area contributed by atoms with E-state index in [1.165, 1.54) is 10.9 Å². The highest BCUT2D eigenvalue weighted by molar-refractivity contribution is 5.80. The Morgan fingerprint density at radius 1 is 1.56 bits per heavy atom. The summed E-state index contributed by atoms with van der Waals surface area (Å²) in [5, 5.41) is 4.55. The Hall–Kier alpha value is -1.39. The number of rotatable bonds is 1. The number of aromatic nitrogens is 2. The molecule has 1 aliphatic rings. The van der Waals surface area contributed by atoms with Crippen LogP contribution in [0.15, 0.2) is 24.5 Å². The summed E-state index contributed by atoms with van der Waals surface area (Å²) in [5.41, 5.74) is 2.25. The highest BCUT2D eigenvalue weighted by Gasteiger charge is 2.20. The van der Waals surface area contributed by atoms with E-state index in [9.17, 15) is 0 Å². The van der Waals surface area contributed by atoms with Crippen LogP contribution >= 0.6 is 0 Å². The van der Waals surface area contributed by atoms with Crippen LogP contribution in [0.1, 0.15) is 11.7 Å². The summed E-state index contributed by atoms with van der Waals surface area (Å²) in [6, 6.07) is 4.08. The van der Waals surface area contributed by atoms with E-state index in [1.54, 1.807) is 0 Å². The molecule has 1 aliphatic heterocycles. The lowest BCUT2D eigenvalue weighted by atomic mass is 10.1. The van der Waals surface area contributed by atoms with Gasteiger partial charge in [0.05, 0.1) is 12.7 Å². The van der Waals surface area contributed by atoms with Gasteiger partial charge in [0.25, 0.3) is 0 Å². The van der Waals surface area contributed by atoms with Gasteiger partial charge in [0.1, 0.15) is 5.65 Å². The monoisotopic (exact) mass is 217 g/mol. The summed E-state index contributed by atoms with van der Waals surface area (Å²) >= 11 is 0. The van der Waals surface area contributed by atoms with E-state index in [2.05, 4.69) is 27.1 Å². The van der Waals surface area contributed by atoms with Crippen LogP contribution in [-0.2, 0) is 11.8 Å². The number of hydrogen-bond acceptors (Lipinski definition) is 3. The van der Waals surface area contributed by atoms with Crippen molar-refractivity contribution < 1.29 is 4.74 Å². The average Bonchev–Trinajstić information content (AvgIpc) is 2.69. The maximum Gasteiger partial charge on any atom is 0.139 e. The molecule has 0 amide bonds. The second-order valence-electron chi connectivity index (χ2n) is 4.13. The largest absolute Gasteiger partial charge is 0.371 e. The first kappa shape index (κ1) is 9.81. The smallest absolute Gasteiger partial charge is 0.139 e. The maximum atomic E-state index is 5.78. The Morgan fingerprint density at radius 2 is 2.50 bits per heavy atom. The highest BCUT2D eigenvalue weighted by atomic mass is 16.5. The molecule has 0 aliphatic carbocycles. The lowest BCUT2D eigenvalue weighted by molar-refractivity contribution is 0.0285. The van der Waals surface area contributed by atoms with Gasteiger partial charge in [-0.15, -0.1) is 0 Å². The van der Waals surface area contributed by atoms with Crippen LogP contribution in [0.4, 0.5) is 0 Å². The number of morpholine rings is 1. The summed E-state index contributed by atoms with van der Waals surface area (Å²) in [6.07, 6.45) is 4.10. The third-order valence-corrected chi connectivity index (χ3v) is 3.04. The number of hydrogen-bond donors (Lipinski definition) is 1. The molecule has 1 atom stereocenters. The zero-order chi connectivity index (χ0) is 11.0. The molecule has 0 radical (unpaired) electrons. The van der Waals surface area contributed by atoms with Gasteiger partial charge in [-0.2, -0.15) is 0 Å². The second-order valence-corrected chi connectivity index (χ2v) is 4.13. The molecule has 1 fully saturated rings. The van der Waals surface area contributed by atoms with Crippen LogP contribution in [0, 0.1) is 0 Å². The van der Waals surface area contributed by atoms with E-state index < -0.39 is 0 Å². The molecule has 0 spiro atoms. The van der Waals surface area contributed by atoms with Gasteiger partial charge in [0, 0.05) is 43.5 Å². The van der Waals surface area contributed by atoms with Gasteiger partial charge in [-0.05, 0) is 12.1 Å². The number of fused-ring (bicyclic) bond motifs is 1. The normalized spacial score (nSPS) is 21.4. The van der Waals surface area contributed by atoms with Crippen molar-refractivity contribution in [3.05, 3.63) is 30.1 Å². The predicted octanol–water partition coefficient (Wildman–Crippen LogP) is 1.23. The fourth-order valence-corrected chi connectivity index (χ4v) is 2.26. The number of nitrogens with one attached hydrogen (secondary N) is 1. The highest BCUT2D eigenvalue weighted by Crippen LogP contribution is 2.27. The Labute approximate surface area is 94.2 Å². The molecule has 1 N–H and O–H groups in total. The van der Waals surface area contributed by atoms with E-state index >= 15 is 0 Å². The zero-order valence-electron chi connectivity index (χ0n) is 9.31. The topological polar surface area (TPSA) is 39.1 Å². The van der Waals surface area contributed by atoms with Gasteiger partial charge in [-0.1, -0.05) is 0 Å². The number of aryl methyl sites for hydroxylation is 1. The molecule has 3 heterocycles. The van der Waals surface area contributed by atoms with Crippen LogP contribution in [0.2, 0.25) is 0 Å². The quantitative estimate of drug-likeness (QED) is 0.781. The van der Waals surface area contributed by atoms with Crippen molar-refractivity contribution in [2.45, 2.75) is 6.10 Å². The molecule has 1 unspecified atom stereocenters. The SMILES string of the molecule is Cn1cc(C2CNCCO2)c2cccnc21. The van der Waals surface area contributed by atoms with Crippen molar-refractivity contribution in [1.29, 1.82) is 0 Å². The molecule has 3 rings (SSSR count). The molecule has 1 saturated heterocycles. The zero-order valence-corrected chi connectivity index (χ0v) is 9.31. The van der Waals surface area contributed by atoms with Crippen LogP contribution in [0.3, 0.4) is 0 Å². The molecular weight excluding hydrogens is 202 g/mol. The maximum absolute atomic E-state index is 5.78. The Bertz CT molecular complexity index is 500. The molecule has 2 aromatic rings. The van der Waals surface area contributed by atoms with Crippen molar-refractivity contribution in [2.75, 3.05) is 19.7 Å². The standard InChI is InChI=1S/C12H15N3O/c1-15-8-10(11-7-13-5-6-16-11)9-3-2-4-14-12(9)15/h2-4,8,11,13H,5-7H2,1H3. The van der Waals surface area contributed by atoms with Crippen molar-refractivity contribution in [3.8, 4) is 0 Å². The Balaban J connectivity index is 2.08. The van der Waals surface area contributed by atoms with Crippen LogP contribution in [0.25, 0.3) is 11.0 Å². The van der Waals surface area contributed by atoms with Crippen LogP contribution in [0.5, 0.6) is 0 Å². The van der Waals surface area contributed by atoms with E-state index in [4.69, 9.17) is 4.74 Å². The molecule has 0 aromatic carbocycles. The Kier molecular flexibility index (Phi) is 2.38. The van der Waals surface area contributed by atoms with E-state index in [-0.39, 0.29) is 6.10 Å². The van der Waals surface area contributed by atoms with Gasteiger partial charge in [-0.25, -0.2) is 4.98 Å². The molecule has 0 saturated carbocycles. The first-order valence-electron chi connectivity index (χ1n) is 5.58. The number of pyridine rings is 1. The molecular formula is C12H15N3O. The third-order valence-electron chi connectivity index (χ3n) is 3.04. The van der Waals surface area contributed by atoms with Gasteiger partial charge in [-0.3, -0.25) is 0 Å². The van der Waals surface area contributed by atoms with Crippen molar-refractivity contribution in [1.82, 2.24) is 14.9 Å². The first-order valence-corrected chi connectivity index (χ1v) is 5.58. The minimum absolute atomic E-state index is 0.154. The number of nitrogens with zero attached hydrogens (tertiary/aromatic N) is 2. The van der Waals surface area contributed by atoms with Gasteiger partial charge >= 0.3 is 0 Å². The van der Waals surface area contributed by atoms with Gasteiger partial charge in [0.2, 0.25) is 0 Å². The molecule has 84 valence electrons. The predicted molar refractivity (Wildman–Crippen MR) is 62.3 cm³/mol. The first-order chi connectivity index (χ1) is 7.86. The fourth-order valence-electron chi connectivity index (χ4n) is 2.26. The lowest BCUT2D eigenvalue weighted by Crippen LogP contribution is -2.33. The molecule has 16 heavy (non-hydrogen) atoms. The van der Waals surface area contributed by atoms with E-state index in [0.717, 1.165) is 25.3 Å². The minimum Gasteiger partial charge on any atom is -0.371 e. The molecule has 0 bridgehead atoms. The van der Waals surface area contributed by atoms with E-state index in [0.29, 0.717) is 0 Å². The third kappa shape index (κ3) is 1.50. The molecule has 4 nitrogen and oxygen atoms in total. The van der Waals surface area contributed by atoms with Crippen LogP contribution < -0.4 is 5.32 Å². The fraction of sp³-hybridized carbons (Fsp3) is 0.417. The molecule has 4 heteroatoms. The summed E-state index contributed by atoms with van der Waals surface area (Å²) in [6.45, 7) is 2.61. The number of ether oxygens (including phenoxy) is 1. The lowest BCUT2D eigenvalue weighted by Gasteiger charge is -2.23. The van der Waals surface area contributed by atoms with Gasteiger partial charge in [0.15, 0.2) is 0 Å². The minimum atomic E-state index is 0.154. The van der Waals surface area contributed by atoms with Crippen molar-refractivity contribution >= 4 is 11.0 Å². The van der Waals surface area contributed by atoms with Crippen molar-refractivity contribution in [2.24, 2.45) is 7.05 Å². The summed E-state index contributed by atoms with van der Waals surface area (Å²) in [4.78, 5) is 4.38. The van der Waals surface area contributed by atoms with Crippen LogP contribution in [-0.4, -0.2) is 29.2 Å².